The number of benzene rings is 1. The topological polar surface area (TPSA) is 35.2 Å². The molecule has 16 heavy (non-hydrogen) atoms. The molecule has 1 aliphatic rings. The maximum Gasteiger partial charge on any atom is 0.263 e. The zero-order valence-electron chi connectivity index (χ0n) is 9.17. The first-order chi connectivity index (χ1) is 7.63. The zero-order valence-corrected chi connectivity index (χ0v) is 9.17. The van der Waals surface area contributed by atoms with Gasteiger partial charge in [0.15, 0.2) is 0 Å². The van der Waals surface area contributed by atoms with Crippen molar-refractivity contribution in [2.45, 2.75) is 24.7 Å². The van der Waals surface area contributed by atoms with Crippen molar-refractivity contribution in [1.29, 1.82) is 0 Å². The average Bonchev–Trinajstić information content (AvgIpc) is 3.09. The maximum absolute atomic E-state index is 12.5. The van der Waals surface area contributed by atoms with Crippen LogP contribution in [0.15, 0.2) is 18.2 Å². The molecule has 0 atom stereocenters. The summed E-state index contributed by atoms with van der Waals surface area (Å²) < 4.78 is 30.2. The van der Waals surface area contributed by atoms with Crippen molar-refractivity contribution in [1.82, 2.24) is 0 Å². The third-order valence-electron chi connectivity index (χ3n) is 3.29. The lowest BCUT2D eigenvalue weighted by atomic mass is 9.94. The van der Waals surface area contributed by atoms with Gasteiger partial charge in [-0.05, 0) is 18.9 Å². The smallest absolute Gasteiger partial charge is 0.263 e. The van der Waals surface area contributed by atoms with Crippen LogP contribution in [0.1, 0.15) is 30.4 Å². The lowest BCUT2D eigenvalue weighted by molar-refractivity contribution is 0.151. The van der Waals surface area contributed by atoms with E-state index in [1.807, 2.05) is 0 Å². The van der Waals surface area contributed by atoms with Crippen LogP contribution in [0.25, 0.3) is 0 Å². The van der Waals surface area contributed by atoms with E-state index in [1.165, 1.54) is 19.2 Å². The predicted octanol–water partition coefficient (Wildman–Crippen LogP) is 2.62. The Balaban J connectivity index is 2.39. The molecule has 1 saturated carbocycles. The molecule has 0 amide bonds. The average molecular weight is 227 g/mol. The molecule has 0 spiro atoms. The fourth-order valence-electron chi connectivity index (χ4n) is 2.02. The number of rotatable bonds is 4. The third kappa shape index (κ3) is 1.78. The van der Waals surface area contributed by atoms with E-state index in [-0.39, 0.29) is 11.0 Å². The molecule has 1 aromatic carbocycles. The van der Waals surface area contributed by atoms with Gasteiger partial charge in [-0.2, -0.15) is 0 Å². The van der Waals surface area contributed by atoms with E-state index in [2.05, 4.69) is 0 Å². The molecule has 0 bridgehead atoms. The molecule has 2 N–H and O–H groups in total. The van der Waals surface area contributed by atoms with Crippen LogP contribution in [0.2, 0.25) is 0 Å². The van der Waals surface area contributed by atoms with Crippen molar-refractivity contribution in [2.24, 2.45) is 5.73 Å². The van der Waals surface area contributed by atoms with Crippen molar-refractivity contribution in [3.05, 3.63) is 29.3 Å². The fourth-order valence-corrected chi connectivity index (χ4v) is 2.02. The minimum Gasteiger partial charge on any atom is -0.496 e. The van der Waals surface area contributed by atoms with Gasteiger partial charge in [-0.25, -0.2) is 8.78 Å². The Morgan fingerprint density at radius 1 is 1.44 bits per heavy atom. The molecular formula is C12H15F2NO. The quantitative estimate of drug-likeness (QED) is 0.858. The van der Waals surface area contributed by atoms with Crippen molar-refractivity contribution < 1.29 is 13.5 Å². The first kappa shape index (κ1) is 11.3. The summed E-state index contributed by atoms with van der Waals surface area (Å²) in [4.78, 5) is 0. The fraction of sp³-hybridized carbons (Fsp3) is 0.500. The highest BCUT2D eigenvalue weighted by Gasteiger charge is 2.44. The molecule has 1 aliphatic carbocycles. The third-order valence-corrected chi connectivity index (χ3v) is 3.29. The van der Waals surface area contributed by atoms with Gasteiger partial charge in [0.2, 0.25) is 0 Å². The van der Waals surface area contributed by atoms with Gasteiger partial charge in [0.25, 0.3) is 6.43 Å². The van der Waals surface area contributed by atoms with E-state index in [0.29, 0.717) is 12.3 Å². The van der Waals surface area contributed by atoms with Crippen LogP contribution in [0, 0.1) is 0 Å². The summed E-state index contributed by atoms with van der Waals surface area (Å²) in [5.41, 5.74) is 6.64. The van der Waals surface area contributed by atoms with Gasteiger partial charge in [0, 0.05) is 23.1 Å². The molecule has 2 nitrogen and oxygen atoms in total. The number of hydrogen-bond donors (Lipinski definition) is 1. The van der Waals surface area contributed by atoms with E-state index >= 15 is 0 Å². The summed E-state index contributed by atoms with van der Waals surface area (Å²) in [5, 5.41) is 0. The number of alkyl halides is 2. The van der Waals surface area contributed by atoms with Gasteiger partial charge in [0.05, 0.1) is 7.11 Å². The summed E-state index contributed by atoms with van der Waals surface area (Å²) in [6, 6.07) is 4.59. The minimum atomic E-state index is -2.46. The van der Waals surface area contributed by atoms with Crippen LogP contribution < -0.4 is 10.5 Å². The van der Waals surface area contributed by atoms with Gasteiger partial charge < -0.3 is 10.5 Å². The molecule has 0 unspecified atom stereocenters. The molecule has 0 saturated heterocycles. The highest BCUT2D eigenvalue weighted by Crippen LogP contribution is 2.50. The van der Waals surface area contributed by atoms with Crippen molar-refractivity contribution in [3.8, 4) is 5.75 Å². The Bertz CT molecular complexity index is 389. The second-order valence-corrected chi connectivity index (χ2v) is 4.24. The van der Waals surface area contributed by atoms with Crippen LogP contribution in [0.3, 0.4) is 0 Å². The van der Waals surface area contributed by atoms with Crippen LogP contribution in [0.5, 0.6) is 5.75 Å². The van der Waals surface area contributed by atoms with Crippen molar-refractivity contribution >= 4 is 0 Å². The molecule has 1 aromatic rings. The molecular weight excluding hydrogens is 212 g/mol. The van der Waals surface area contributed by atoms with Gasteiger partial charge in [-0.3, -0.25) is 0 Å². The SMILES string of the molecule is COc1cc(C(F)F)ccc1C1(CN)CC1. The van der Waals surface area contributed by atoms with E-state index in [9.17, 15) is 8.78 Å². The lowest BCUT2D eigenvalue weighted by Crippen LogP contribution is -2.20. The molecule has 0 radical (unpaired) electrons. The summed E-state index contributed by atoms with van der Waals surface area (Å²) in [7, 11) is 1.50. The first-order valence-corrected chi connectivity index (χ1v) is 5.29. The monoisotopic (exact) mass is 227 g/mol. The molecule has 1 fully saturated rings. The van der Waals surface area contributed by atoms with Crippen molar-refractivity contribution in [3.63, 3.8) is 0 Å². The van der Waals surface area contributed by atoms with Gasteiger partial charge in [0.1, 0.15) is 5.75 Å². The van der Waals surface area contributed by atoms with E-state index in [0.717, 1.165) is 18.4 Å². The van der Waals surface area contributed by atoms with Gasteiger partial charge in [-0.15, -0.1) is 0 Å². The summed E-state index contributed by atoms with van der Waals surface area (Å²) in [5.74, 6) is 0.528. The molecule has 2 rings (SSSR count). The van der Waals surface area contributed by atoms with Gasteiger partial charge >= 0.3 is 0 Å². The summed E-state index contributed by atoms with van der Waals surface area (Å²) >= 11 is 0. The van der Waals surface area contributed by atoms with Crippen LogP contribution in [-0.4, -0.2) is 13.7 Å². The number of halogens is 2. The number of hydrogen-bond acceptors (Lipinski definition) is 2. The zero-order chi connectivity index (χ0) is 11.8. The van der Waals surface area contributed by atoms with E-state index in [4.69, 9.17) is 10.5 Å². The summed E-state index contributed by atoms with van der Waals surface area (Å²) in [6.45, 7) is 0.539. The van der Waals surface area contributed by atoms with Crippen LogP contribution in [-0.2, 0) is 5.41 Å². The highest BCUT2D eigenvalue weighted by atomic mass is 19.3. The Labute approximate surface area is 93.4 Å². The molecule has 0 aliphatic heterocycles. The minimum absolute atomic E-state index is 0.00609. The number of nitrogens with two attached hydrogens (primary N) is 1. The molecule has 88 valence electrons. The van der Waals surface area contributed by atoms with Crippen LogP contribution in [0.4, 0.5) is 8.78 Å². The normalized spacial score (nSPS) is 17.6. The maximum atomic E-state index is 12.5. The van der Waals surface area contributed by atoms with Crippen LogP contribution >= 0.6 is 0 Å². The van der Waals surface area contributed by atoms with E-state index in [1.54, 1.807) is 6.07 Å². The number of ether oxygens (including phenoxy) is 1. The highest BCUT2D eigenvalue weighted by molar-refractivity contribution is 5.46. The summed E-state index contributed by atoms with van der Waals surface area (Å²) in [6.07, 6.45) is -0.446. The molecule has 4 heteroatoms. The Kier molecular flexibility index (Phi) is 2.84. The Morgan fingerprint density at radius 2 is 2.12 bits per heavy atom. The van der Waals surface area contributed by atoms with E-state index < -0.39 is 6.43 Å². The predicted molar refractivity (Wildman–Crippen MR) is 57.9 cm³/mol. The molecule has 0 heterocycles. The first-order valence-electron chi connectivity index (χ1n) is 5.29. The van der Waals surface area contributed by atoms with Crippen molar-refractivity contribution in [2.75, 3.05) is 13.7 Å². The second-order valence-electron chi connectivity index (χ2n) is 4.24. The largest absolute Gasteiger partial charge is 0.496 e. The van der Waals surface area contributed by atoms with Gasteiger partial charge in [-0.1, -0.05) is 12.1 Å². The Morgan fingerprint density at radius 3 is 2.56 bits per heavy atom. The molecule has 0 aromatic heterocycles. The number of methoxy groups -OCH3 is 1. The second kappa shape index (κ2) is 4.01. The standard InChI is InChI=1S/C12H15F2NO/c1-16-10-6-8(11(13)14)2-3-9(10)12(7-15)4-5-12/h2-3,6,11H,4-5,7,15H2,1H3. The lowest BCUT2D eigenvalue weighted by Gasteiger charge is -2.17. The Hall–Kier alpha value is -1.16.